The smallest absolute Gasteiger partial charge is 0.296 e. The van der Waals surface area contributed by atoms with Crippen molar-refractivity contribution >= 4 is 22.7 Å². The Labute approximate surface area is 182 Å². The lowest BCUT2D eigenvalue weighted by Gasteiger charge is -2.24. The molecule has 1 aliphatic heterocycles. The summed E-state index contributed by atoms with van der Waals surface area (Å²) in [6.45, 7) is 2.55. The van der Waals surface area contributed by atoms with Crippen molar-refractivity contribution in [1.82, 2.24) is 4.98 Å². The van der Waals surface area contributed by atoms with Crippen LogP contribution in [0.2, 0.25) is 0 Å². The van der Waals surface area contributed by atoms with Gasteiger partial charge in [-0.15, -0.1) is 0 Å². The number of nitrogens with zero attached hydrogens (tertiary/aromatic N) is 2. The normalized spacial score (nSPS) is 15.2. The molecule has 32 heavy (non-hydrogen) atoms. The molecular weight excluding hydrogens is 411 g/mol. The van der Waals surface area contributed by atoms with Gasteiger partial charge in [0.25, 0.3) is 5.91 Å². The maximum Gasteiger partial charge on any atom is 0.296 e. The summed E-state index contributed by atoms with van der Waals surface area (Å²) in [6.07, 6.45) is 2.42. The topological polar surface area (TPSA) is 72.6 Å². The molecule has 0 N–H and O–H groups in total. The third kappa shape index (κ3) is 3.22. The zero-order valence-corrected chi connectivity index (χ0v) is 17.2. The number of amides is 1. The van der Waals surface area contributed by atoms with Gasteiger partial charge in [-0.1, -0.05) is 25.1 Å². The van der Waals surface area contributed by atoms with Gasteiger partial charge in [-0.3, -0.25) is 14.5 Å². The Morgan fingerprint density at radius 1 is 1.09 bits per heavy atom. The van der Waals surface area contributed by atoms with Crippen LogP contribution in [0.4, 0.5) is 10.2 Å². The molecule has 1 unspecified atom stereocenters. The van der Waals surface area contributed by atoms with Gasteiger partial charge in [0.05, 0.1) is 23.6 Å². The highest BCUT2D eigenvalue weighted by Crippen LogP contribution is 2.41. The first-order valence-electron chi connectivity index (χ1n) is 10.3. The molecule has 3 heterocycles. The summed E-state index contributed by atoms with van der Waals surface area (Å²) in [6, 6.07) is 15.3. The van der Waals surface area contributed by atoms with Crippen LogP contribution in [-0.2, 0) is 0 Å². The third-order valence-electron chi connectivity index (χ3n) is 5.37. The van der Waals surface area contributed by atoms with Crippen molar-refractivity contribution in [3.8, 4) is 5.75 Å². The van der Waals surface area contributed by atoms with Gasteiger partial charge in [0.2, 0.25) is 5.76 Å². The quantitative estimate of drug-likeness (QED) is 0.452. The highest BCUT2D eigenvalue weighted by molar-refractivity contribution is 6.10. The van der Waals surface area contributed by atoms with E-state index in [4.69, 9.17) is 9.15 Å². The van der Waals surface area contributed by atoms with E-state index >= 15 is 0 Å². The maximum atomic E-state index is 13.9. The molecule has 0 radical (unpaired) electrons. The first kappa shape index (κ1) is 19.9. The number of hydrogen-bond acceptors (Lipinski definition) is 5. The molecule has 0 saturated heterocycles. The lowest BCUT2D eigenvalue weighted by molar-refractivity contribution is 0.0970. The van der Waals surface area contributed by atoms with E-state index in [1.807, 2.05) is 25.1 Å². The zero-order valence-electron chi connectivity index (χ0n) is 17.2. The number of ether oxygens (including phenoxy) is 1. The van der Waals surface area contributed by atoms with Gasteiger partial charge in [0, 0.05) is 6.20 Å². The average Bonchev–Trinajstić information content (AvgIpc) is 3.11. The maximum absolute atomic E-state index is 13.9. The molecule has 0 aliphatic carbocycles. The molecule has 4 aromatic rings. The van der Waals surface area contributed by atoms with Gasteiger partial charge in [0.15, 0.2) is 5.43 Å². The monoisotopic (exact) mass is 430 g/mol. The molecule has 7 heteroatoms. The van der Waals surface area contributed by atoms with Crippen molar-refractivity contribution in [1.29, 1.82) is 0 Å². The standard InChI is InChI=1S/C25H19FN2O4/c1-2-12-31-17-7-5-6-15(13-17)22-21-23(29)18-14-16(26)9-10-19(18)32-24(21)25(30)28(22)20-8-3-4-11-27-20/h3-11,13-14,22H,2,12H2,1H3. The first-order valence-corrected chi connectivity index (χ1v) is 10.3. The van der Waals surface area contributed by atoms with Crippen molar-refractivity contribution in [2.45, 2.75) is 19.4 Å². The minimum Gasteiger partial charge on any atom is -0.494 e. The highest BCUT2D eigenvalue weighted by atomic mass is 19.1. The van der Waals surface area contributed by atoms with Crippen molar-refractivity contribution in [3.05, 3.63) is 99.8 Å². The Morgan fingerprint density at radius 2 is 1.97 bits per heavy atom. The number of anilines is 1. The van der Waals surface area contributed by atoms with Gasteiger partial charge in [-0.05, 0) is 54.4 Å². The number of fused-ring (bicyclic) bond motifs is 2. The molecule has 1 atom stereocenters. The first-order chi connectivity index (χ1) is 15.6. The lowest BCUT2D eigenvalue weighted by Crippen LogP contribution is -2.30. The summed E-state index contributed by atoms with van der Waals surface area (Å²) < 4.78 is 25.5. The van der Waals surface area contributed by atoms with Crippen LogP contribution < -0.4 is 15.1 Å². The van der Waals surface area contributed by atoms with Gasteiger partial charge in [-0.2, -0.15) is 0 Å². The van der Waals surface area contributed by atoms with E-state index in [0.717, 1.165) is 12.5 Å². The van der Waals surface area contributed by atoms with Crippen LogP contribution in [-0.4, -0.2) is 17.5 Å². The largest absolute Gasteiger partial charge is 0.494 e. The van der Waals surface area contributed by atoms with E-state index in [2.05, 4.69) is 4.98 Å². The van der Waals surface area contributed by atoms with Crippen molar-refractivity contribution in [2.75, 3.05) is 11.5 Å². The second kappa shape index (κ2) is 7.92. The molecule has 1 amide bonds. The fourth-order valence-electron chi connectivity index (χ4n) is 3.99. The Hall–Kier alpha value is -4.00. The van der Waals surface area contributed by atoms with Crippen LogP contribution >= 0.6 is 0 Å². The van der Waals surface area contributed by atoms with Crippen LogP contribution in [0.25, 0.3) is 11.0 Å². The molecule has 0 fully saturated rings. The number of halogens is 1. The lowest BCUT2D eigenvalue weighted by atomic mass is 9.98. The molecular formula is C25H19FN2O4. The predicted octanol–water partition coefficient (Wildman–Crippen LogP) is 4.87. The minimum absolute atomic E-state index is 0.0651. The number of aromatic nitrogens is 1. The van der Waals surface area contributed by atoms with E-state index in [-0.39, 0.29) is 22.3 Å². The van der Waals surface area contributed by atoms with Crippen LogP contribution in [0.5, 0.6) is 5.75 Å². The molecule has 0 saturated carbocycles. The second-order valence-electron chi connectivity index (χ2n) is 7.50. The minimum atomic E-state index is -0.790. The summed E-state index contributed by atoms with van der Waals surface area (Å²) >= 11 is 0. The molecule has 160 valence electrons. The van der Waals surface area contributed by atoms with Crippen molar-refractivity contribution < 1.29 is 18.3 Å². The second-order valence-corrected chi connectivity index (χ2v) is 7.50. The zero-order chi connectivity index (χ0) is 22.2. The highest BCUT2D eigenvalue weighted by Gasteiger charge is 2.44. The fourth-order valence-corrected chi connectivity index (χ4v) is 3.99. The Kier molecular flexibility index (Phi) is 4.93. The molecule has 1 aliphatic rings. The number of benzene rings is 2. The van der Waals surface area contributed by atoms with E-state index < -0.39 is 23.2 Å². The Bertz CT molecular complexity index is 1380. The van der Waals surface area contributed by atoms with Crippen molar-refractivity contribution in [3.63, 3.8) is 0 Å². The predicted molar refractivity (Wildman–Crippen MR) is 118 cm³/mol. The van der Waals surface area contributed by atoms with Gasteiger partial charge >= 0.3 is 0 Å². The van der Waals surface area contributed by atoms with Crippen LogP contribution in [0.15, 0.2) is 76.1 Å². The molecule has 5 rings (SSSR count). The fraction of sp³-hybridized carbons (Fsp3) is 0.160. The molecule has 6 nitrogen and oxygen atoms in total. The summed E-state index contributed by atoms with van der Waals surface area (Å²) in [5.74, 6) is -0.0930. The molecule has 0 bridgehead atoms. The average molecular weight is 430 g/mol. The summed E-state index contributed by atoms with van der Waals surface area (Å²) in [7, 11) is 0. The van der Waals surface area contributed by atoms with Crippen LogP contribution in [0.1, 0.15) is 41.1 Å². The van der Waals surface area contributed by atoms with E-state index in [9.17, 15) is 14.0 Å². The van der Waals surface area contributed by atoms with E-state index in [1.165, 1.54) is 17.0 Å². The van der Waals surface area contributed by atoms with Crippen LogP contribution in [0.3, 0.4) is 0 Å². The molecule has 2 aromatic carbocycles. The Balaban J connectivity index is 1.76. The number of hydrogen-bond donors (Lipinski definition) is 0. The van der Waals surface area contributed by atoms with Crippen molar-refractivity contribution in [2.24, 2.45) is 0 Å². The van der Waals surface area contributed by atoms with E-state index in [1.54, 1.807) is 30.5 Å². The number of carbonyl (C=O) groups excluding carboxylic acids is 1. The number of pyridine rings is 1. The van der Waals surface area contributed by atoms with Gasteiger partial charge in [-0.25, -0.2) is 9.37 Å². The molecule has 2 aromatic heterocycles. The van der Waals surface area contributed by atoms with Crippen LogP contribution in [0, 0.1) is 5.82 Å². The summed E-state index contributed by atoms with van der Waals surface area (Å²) in [5, 5.41) is 0.0859. The number of carbonyl (C=O) groups is 1. The van der Waals surface area contributed by atoms with Gasteiger partial charge in [0.1, 0.15) is 23.0 Å². The molecule has 0 spiro atoms. The van der Waals surface area contributed by atoms with E-state index in [0.29, 0.717) is 23.7 Å². The third-order valence-corrected chi connectivity index (χ3v) is 5.37. The van der Waals surface area contributed by atoms with Gasteiger partial charge < -0.3 is 9.15 Å². The summed E-state index contributed by atoms with van der Waals surface area (Å²) in [4.78, 5) is 32.7. The summed E-state index contributed by atoms with van der Waals surface area (Å²) in [5.41, 5.74) is 0.536. The Morgan fingerprint density at radius 3 is 2.75 bits per heavy atom. The number of rotatable bonds is 5. The SMILES string of the molecule is CCCOc1cccc(C2c3c(oc4ccc(F)cc4c3=O)C(=O)N2c2ccccn2)c1.